The summed E-state index contributed by atoms with van der Waals surface area (Å²) >= 11 is 0. The van der Waals surface area contributed by atoms with Crippen molar-refractivity contribution < 1.29 is 5.11 Å². The number of hydrogen-bond acceptors (Lipinski definition) is 4. The Labute approximate surface area is 102 Å². The minimum atomic E-state index is 0.0498. The highest BCUT2D eigenvalue weighted by Crippen LogP contribution is 2.32. The number of nitrogens with zero attached hydrogens (tertiary/aromatic N) is 2. The van der Waals surface area contributed by atoms with E-state index in [9.17, 15) is 0 Å². The molecular formula is C13H21N3O. The molecule has 0 unspecified atom stereocenters. The average molecular weight is 235 g/mol. The lowest BCUT2D eigenvalue weighted by Crippen LogP contribution is -2.24. The molecule has 0 saturated heterocycles. The van der Waals surface area contributed by atoms with Gasteiger partial charge in [-0.15, -0.1) is 0 Å². The molecule has 2 rings (SSSR count). The van der Waals surface area contributed by atoms with Crippen molar-refractivity contribution in [3.05, 3.63) is 18.0 Å². The Bertz CT molecular complexity index is 346. The first-order valence-corrected chi connectivity index (χ1v) is 6.53. The second-order valence-corrected chi connectivity index (χ2v) is 4.72. The highest BCUT2D eigenvalue weighted by atomic mass is 16.3. The Balaban J connectivity index is 2.05. The van der Waals surface area contributed by atoms with Crippen molar-refractivity contribution in [1.82, 2.24) is 9.97 Å². The molecule has 4 heteroatoms. The Morgan fingerprint density at radius 3 is 2.88 bits per heavy atom. The van der Waals surface area contributed by atoms with Crippen LogP contribution in [0.25, 0.3) is 0 Å². The van der Waals surface area contributed by atoms with Crippen LogP contribution in [0.1, 0.15) is 50.6 Å². The van der Waals surface area contributed by atoms with Crippen LogP contribution in [-0.2, 0) is 0 Å². The third-order valence-corrected chi connectivity index (χ3v) is 3.50. The van der Waals surface area contributed by atoms with Gasteiger partial charge in [-0.2, -0.15) is 0 Å². The zero-order valence-corrected chi connectivity index (χ0v) is 10.4. The first kappa shape index (κ1) is 12.3. The molecule has 1 saturated carbocycles. The zero-order valence-electron chi connectivity index (χ0n) is 10.4. The third-order valence-electron chi connectivity index (χ3n) is 3.50. The van der Waals surface area contributed by atoms with Gasteiger partial charge in [0, 0.05) is 17.8 Å². The van der Waals surface area contributed by atoms with Gasteiger partial charge >= 0.3 is 0 Å². The van der Waals surface area contributed by atoms with Crippen molar-refractivity contribution in [3.63, 3.8) is 0 Å². The number of nitrogens with one attached hydrogen (secondary N) is 1. The van der Waals surface area contributed by atoms with Crippen LogP contribution in [0.15, 0.2) is 12.3 Å². The van der Waals surface area contributed by atoms with E-state index >= 15 is 0 Å². The highest BCUT2D eigenvalue weighted by molar-refractivity contribution is 5.28. The summed E-state index contributed by atoms with van der Waals surface area (Å²) in [6, 6.07) is 2.06. The molecule has 1 aromatic heterocycles. The number of anilines is 1. The second kappa shape index (κ2) is 5.96. The van der Waals surface area contributed by atoms with Gasteiger partial charge in [-0.05, 0) is 25.3 Å². The van der Waals surface area contributed by atoms with Crippen molar-refractivity contribution in [1.29, 1.82) is 0 Å². The second-order valence-electron chi connectivity index (χ2n) is 4.72. The van der Waals surface area contributed by atoms with Gasteiger partial charge < -0.3 is 10.4 Å². The molecule has 1 aromatic rings. The van der Waals surface area contributed by atoms with E-state index in [1.807, 2.05) is 19.2 Å². The molecule has 1 aliphatic rings. The number of aromatic nitrogens is 2. The molecule has 1 heterocycles. The molecule has 0 bridgehead atoms. The zero-order chi connectivity index (χ0) is 12.1. The smallest absolute Gasteiger partial charge is 0.223 e. The molecular weight excluding hydrogens is 214 g/mol. The maximum absolute atomic E-state index is 9.15. The fourth-order valence-electron chi connectivity index (χ4n) is 2.35. The molecule has 0 aromatic carbocycles. The van der Waals surface area contributed by atoms with Gasteiger partial charge in [0.2, 0.25) is 5.95 Å². The minimum absolute atomic E-state index is 0.0498. The molecule has 4 nitrogen and oxygen atoms in total. The minimum Gasteiger partial charge on any atom is -0.394 e. The van der Waals surface area contributed by atoms with Gasteiger partial charge in [-0.1, -0.05) is 19.8 Å². The van der Waals surface area contributed by atoms with Gasteiger partial charge in [0.25, 0.3) is 0 Å². The van der Waals surface area contributed by atoms with Crippen LogP contribution in [0.4, 0.5) is 5.95 Å². The Morgan fingerprint density at radius 1 is 1.47 bits per heavy atom. The number of aliphatic hydroxyl groups is 1. The van der Waals surface area contributed by atoms with E-state index < -0.39 is 0 Å². The molecule has 2 N–H and O–H groups in total. The van der Waals surface area contributed by atoms with Crippen LogP contribution in [0, 0.1) is 0 Å². The van der Waals surface area contributed by atoms with Crippen LogP contribution in [0.5, 0.6) is 0 Å². The third kappa shape index (κ3) is 3.16. The summed E-state index contributed by atoms with van der Waals surface area (Å²) in [5.74, 6) is 1.25. The fourth-order valence-corrected chi connectivity index (χ4v) is 2.35. The Morgan fingerprint density at radius 2 is 2.24 bits per heavy atom. The largest absolute Gasteiger partial charge is 0.394 e. The number of aliphatic hydroxyl groups excluding tert-OH is 1. The van der Waals surface area contributed by atoms with Crippen LogP contribution >= 0.6 is 0 Å². The Kier molecular flexibility index (Phi) is 4.31. The standard InChI is InChI=1S/C13H21N3O/c1-2-11(9-17)15-13-14-8-7-12(16-13)10-5-3-4-6-10/h7-8,10-11,17H,2-6,9H2,1H3,(H,14,15,16)/t11-/m0/s1. The van der Waals surface area contributed by atoms with Crippen LogP contribution < -0.4 is 5.32 Å². The van der Waals surface area contributed by atoms with Crippen LogP contribution in [0.3, 0.4) is 0 Å². The van der Waals surface area contributed by atoms with Crippen molar-refractivity contribution >= 4 is 5.95 Å². The van der Waals surface area contributed by atoms with Gasteiger partial charge in [0.1, 0.15) is 0 Å². The maximum atomic E-state index is 9.15. The quantitative estimate of drug-likeness (QED) is 0.822. The summed E-state index contributed by atoms with van der Waals surface area (Å²) in [5, 5.41) is 12.3. The normalized spacial score (nSPS) is 18.2. The summed E-state index contributed by atoms with van der Waals surface area (Å²) < 4.78 is 0. The van der Waals surface area contributed by atoms with E-state index in [1.165, 1.54) is 25.7 Å². The van der Waals surface area contributed by atoms with Gasteiger partial charge in [0.05, 0.1) is 12.6 Å². The molecule has 17 heavy (non-hydrogen) atoms. The van der Waals surface area contributed by atoms with Gasteiger partial charge in [0.15, 0.2) is 0 Å². The fraction of sp³-hybridized carbons (Fsp3) is 0.692. The van der Waals surface area contributed by atoms with Gasteiger partial charge in [-0.25, -0.2) is 9.97 Å². The predicted molar refractivity (Wildman–Crippen MR) is 68.0 cm³/mol. The van der Waals surface area contributed by atoms with Crippen molar-refractivity contribution in [2.24, 2.45) is 0 Å². The summed E-state index contributed by atoms with van der Waals surface area (Å²) in [7, 11) is 0. The first-order chi connectivity index (χ1) is 8.33. The molecule has 0 radical (unpaired) electrons. The lowest BCUT2D eigenvalue weighted by molar-refractivity contribution is 0.271. The van der Waals surface area contributed by atoms with Crippen LogP contribution in [0.2, 0.25) is 0 Å². The predicted octanol–water partition coefficient (Wildman–Crippen LogP) is 2.32. The Hall–Kier alpha value is -1.16. The van der Waals surface area contributed by atoms with Crippen molar-refractivity contribution in [2.45, 2.75) is 51.0 Å². The molecule has 94 valence electrons. The van der Waals surface area contributed by atoms with E-state index in [0.29, 0.717) is 11.9 Å². The summed E-state index contributed by atoms with van der Waals surface area (Å²) in [6.45, 7) is 2.15. The average Bonchev–Trinajstić information content (AvgIpc) is 2.90. The molecule has 0 aliphatic heterocycles. The molecule has 1 atom stereocenters. The maximum Gasteiger partial charge on any atom is 0.223 e. The van der Waals surface area contributed by atoms with Crippen molar-refractivity contribution in [3.8, 4) is 0 Å². The molecule has 0 amide bonds. The number of hydrogen-bond donors (Lipinski definition) is 2. The van der Waals surface area contributed by atoms with Gasteiger partial charge in [-0.3, -0.25) is 0 Å². The molecule has 0 spiro atoms. The van der Waals surface area contributed by atoms with E-state index in [1.54, 1.807) is 0 Å². The van der Waals surface area contributed by atoms with E-state index in [-0.39, 0.29) is 12.6 Å². The molecule has 1 aliphatic carbocycles. The molecule has 1 fully saturated rings. The van der Waals surface area contributed by atoms with E-state index in [0.717, 1.165) is 12.1 Å². The first-order valence-electron chi connectivity index (χ1n) is 6.53. The number of rotatable bonds is 5. The van der Waals surface area contributed by atoms with Crippen LogP contribution in [-0.4, -0.2) is 27.7 Å². The van der Waals surface area contributed by atoms with E-state index in [2.05, 4.69) is 15.3 Å². The lowest BCUT2D eigenvalue weighted by atomic mass is 10.0. The van der Waals surface area contributed by atoms with E-state index in [4.69, 9.17) is 5.11 Å². The SMILES string of the molecule is CC[C@@H](CO)Nc1nccc(C2CCCC2)n1. The lowest BCUT2D eigenvalue weighted by Gasteiger charge is -2.15. The summed E-state index contributed by atoms with van der Waals surface area (Å²) in [6.07, 6.45) is 7.79. The topological polar surface area (TPSA) is 58.0 Å². The summed E-state index contributed by atoms with van der Waals surface area (Å²) in [5.41, 5.74) is 1.15. The summed E-state index contributed by atoms with van der Waals surface area (Å²) in [4.78, 5) is 8.77. The highest BCUT2D eigenvalue weighted by Gasteiger charge is 2.19. The monoisotopic (exact) mass is 235 g/mol. The van der Waals surface area contributed by atoms with Crippen molar-refractivity contribution in [2.75, 3.05) is 11.9 Å².